The molecule has 0 aromatic heterocycles. The minimum Gasteiger partial charge on any atom is -0.373 e. The highest BCUT2D eigenvalue weighted by molar-refractivity contribution is 5.79. The lowest BCUT2D eigenvalue weighted by Crippen LogP contribution is -2.48. The number of carbonyl (C=O) groups is 1. The van der Waals surface area contributed by atoms with Gasteiger partial charge in [0.2, 0.25) is 5.91 Å². The van der Waals surface area contributed by atoms with Crippen molar-refractivity contribution in [2.45, 2.75) is 69.7 Å². The summed E-state index contributed by atoms with van der Waals surface area (Å²) in [5, 5.41) is 3.21. The van der Waals surface area contributed by atoms with Crippen LogP contribution in [0.1, 0.15) is 45.4 Å². The highest BCUT2D eigenvalue weighted by atomic mass is 16.5. The molecule has 4 nitrogen and oxygen atoms in total. The van der Waals surface area contributed by atoms with Crippen LogP contribution >= 0.6 is 0 Å². The Morgan fingerprint density at radius 1 is 1.22 bits per heavy atom. The van der Waals surface area contributed by atoms with E-state index in [4.69, 9.17) is 10.5 Å². The Balaban J connectivity index is 1.57. The van der Waals surface area contributed by atoms with E-state index in [2.05, 4.69) is 12.2 Å². The van der Waals surface area contributed by atoms with Crippen LogP contribution in [-0.2, 0) is 9.53 Å². The van der Waals surface area contributed by atoms with Crippen LogP contribution in [0.4, 0.5) is 0 Å². The van der Waals surface area contributed by atoms with E-state index in [1.165, 1.54) is 6.42 Å². The molecule has 2 aliphatic heterocycles. The van der Waals surface area contributed by atoms with Crippen LogP contribution in [0.2, 0.25) is 0 Å². The van der Waals surface area contributed by atoms with Gasteiger partial charge in [0.15, 0.2) is 0 Å². The maximum Gasteiger partial charge on any atom is 0.223 e. The first-order chi connectivity index (χ1) is 8.63. The van der Waals surface area contributed by atoms with Crippen molar-refractivity contribution in [2.75, 3.05) is 0 Å². The number of nitrogens with one attached hydrogen (secondary N) is 1. The molecule has 4 heteroatoms. The molecule has 0 aromatic carbocycles. The third-order valence-electron chi connectivity index (χ3n) is 5.01. The standard InChI is InChI=1S/C14H24N2O2/c1-8-2-3-9(15)6-11(8)14(17)16-12-7-10-4-5-13(12)18-10/h8-13H,2-7,15H2,1H3,(H,16,17). The smallest absolute Gasteiger partial charge is 0.223 e. The molecule has 18 heavy (non-hydrogen) atoms. The first-order valence-electron chi connectivity index (χ1n) is 7.35. The van der Waals surface area contributed by atoms with Crippen LogP contribution in [0.25, 0.3) is 0 Å². The zero-order valence-electron chi connectivity index (χ0n) is 11.1. The number of amides is 1. The van der Waals surface area contributed by atoms with E-state index in [0.717, 1.165) is 32.1 Å². The number of fused-ring (bicyclic) bond motifs is 2. The number of rotatable bonds is 2. The van der Waals surface area contributed by atoms with Crippen LogP contribution in [0.5, 0.6) is 0 Å². The lowest BCUT2D eigenvalue weighted by molar-refractivity contribution is -0.128. The maximum absolute atomic E-state index is 12.4. The van der Waals surface area contributed by atoms with Crippen molar-refractivity contribution in [2.24, 2.45) is 17.6 Å². The van der Waals surface area contributed by atoms with Crippen molar-refractivity contribution in [1.29, 1.82) is 0 Å². The van der Waals surface area contributed by atoms with Gasteiger partial charge in [-0.3, -0.25) is 4.79 Å². The van der Waals surface area contributed by atoms with Crippen LogP contribution < -0.4 is 11.1 Å². The Bertz CT molecular complexity index is 334. The second kappa shape index (κ2) is 4.82. The Morgan fingerprint density at radius 2 is 2.06 bits per heavy atom. The summed E-state index contributed by atoms with van der Waals surface area (Å²) in [6.45, 7) is 2.17. The van der Waals surface area contributed by atoms with Gasteiger partial charge in [-0.1, -0.05) is 6.92 Å². The highest BCUT2D eigenvalue weighted by Crippen LogP contribution is 2.35. The zero-order chi connectivity index (χ0) is 12.7. The second-order valence-electron chi connectivity index (χ2n) is 6.38. The molecule has 1 amide bonds. The van der Waals surface area contributed by atoms with E-state index in [0.29, 0.717) is 12.0 Å². The number of hydrogen-bond donors (Lipinski definition) is 2. The number of ether oxygens (including phenoxy) is 1. The summed E-state index contributed by atoms with van der Waals surface area (Å²) >= 11 is 0. The summed E-state index contributed by atoms with van der Waals surface area (Å²) in [4.78, 5) is 12.4. The van der Waals surface area contributed by atoms with Crippen molar-refractivity contribution in [3.05, 3.63) is 0 Å². The first-order valence-corrected chi connectivity index (χ1v) is 7.35. The summed E-state index contributed by atoms with van der Waals surface area (Å²) in [6, 6.07) is 0.454. The van der Waals surface area contributed by atoms with Gasteiger partial charge in [0.05, 0.1) is 18.2 Å². The SMILES string of the molecule is CC1CCC(N)CC1C(=O)NC1CC2CCC1O2. The van der Waals surface area contributed by atoms with Crippen molar-refractivity contribution in [3.63, 3.8) is 0 Å². The lowest BCUT2D eigenvalue weighted by Gasteiger charge is -2.33. The molecule has 6 unspecified atom stereocenters. The Morgan fingerprint density at radius 3 is 2.72 bits per heavy atom. The van der Waals surface area contributed by atoms with Crippen molar-refractivity contribution >= 4 is 5.91 Å². The zero-order valence-corrected chi connectivity index (χ0v) is 11.1. The van der Waals surface area contributed by atoms with Gasteiger partial charge in [-0.2, -0.15) is 0 Å². The summed E-state index contributed by atoms with van der Waals surface area (Å²) in [5.74, 6) is 0.774. The van der Waals surface area contributed by atoms with E-state index in [1.54, 1.807) is 0 Å². The molecule has 2 heterocycles. The van der Waals surface area contributed by atoms with Crippen LogP contribution in [0.3, 0.4) is 0 Å². The molecular formula is C14H24N2O2. The monoisotopic (exact) mass is 252 g/mol. The van der Waals surface area contributed by atoms with Gasteiger partial charge in [0.25, 0.3) is 0 Å². The normalized spacial score (nSPS) is 47.2. The van der Waals surface area contributed by atoms with Gasteiger partial charge in [-0.05, 0) is 44.4 Å². The van der Waals surface area contributed by atoms with Crippen LogP contribution in [0, 0.1) is 11.8 Å². The second-order valence-corrected chi connectivity index (χ2v) is 6.38. The molecule has 2 saturated heterocycles. The third kappa shape index (κ3) is 2.28. The van der Waals surface area contributed by atoms with Crippen molar-refractivity contribution in [1.82, 2.24) is 5.32 Å². The fourth-order valence-corrected chi connectivity index (χ4v) is 3.80. The molecule has 3 N–H and O–H groups in total. The summed E-state index contributed by atoms with van der Waals surface area (Å²) in [7, 11) is 0. The molecule has 102 valence electrons. The van der Waals surface area contributed by atoms with E-state index in [9.17, 15) is 4.79 Å². The van der Waals surface area contributed by atoms with E-state index >= 15 is 0 Å². The van der Waals surface area contributed by atoms with Gasteiger partial charge in [0.1, 0.15) is 0 Å². The molecule has 3 fully saturated rings. The molecule has 3 rings (SSSR count). The summed E-state index contributed by atoms with van der Waals surface area (Å²) in [6.07, 6.45) is 6.92. The molecule has 0 aromatic rings. The molecule has 6 atom stereocenters. The fraction of sp³-hybridized carbons (Fsp3) is 0.929. The van der Waals surface area contributed by atoms with E-state index in [-0.39, 0.29) is 30.0 Å². The number of nitrogens with two attached hydrogens (primary N) is 1. The Hall–Kier alpha value is -0.610. The molecule has 3 aliphatic rings. The average Bonchev–Trinajstić information content (AvgIpc) is 2.94. The van der Waals surface area contributed by atoms with Gasteiger partial charge in [-0.25, -0.2) is 0 Å². The molecular weight excluding hydrogens is 228 g/mol. The topological polar surface area (TPSA) is 64.4 Å². The van der Waals surface area contributed by atoms with Gasteiger partial charge in [-0.15, -0.1) is 0 Å². The fourth-order valence-electron chi connectivity index (χ4n) is 3.80. The number of hydrogen-bond acceptors (Lipinski definition) is 3. The molecule has 0 radical (unpaired) electrons. The maximum atomic E-state index is 12.4. The van der Waals surface area contributed by atoms with Crippen LogP contribution in [0.15, 0.2) is 0 Å². The van der Waals surface area contributed by atoms with E-state index < -0.39 is 0 Å². The van der Waals surface area contributed by atoms with E-state index in [1.807, 2.05) is 0 Å². The third-order valence-corrected chi connectivity index (χ3v) is 5.01. The van der Waals surface area contributed by atoms with Gasteiger partial charge >= 0.3 is 0 Å². The van der Waals surface area contributed by atoms with Gasteiger partial charge in [0, 0.05) is 12.0 Å². The first kappa shape index (κ1) is 12.4. The summed E-state index contributed by atoms with van der Waals surface area (Å²) < 4.78 is 5.78. The lowest BCUT2D eigenvalue weighted by atomic mass is 9.77. The predicted molar refractivity (Wildman–Crippen MR) is 68.9 cm³/mol. The van der Waals surface area contributed by atoms with Crippen LogP contribution in [-0.4, -0.2) is 30.2 Å². The predicted octanol–water partition coefficient (Wildman–Crippen LogP) is 1.19. The molecule has 2 bridgehead atoms. The van der Waals surface area contributed by atoms with Crippen molar-refractivity contribution < 1.29 is 9.53 Å². The minimum absolute atomic E-state index is 0.105. The Kier molecular flexibility index (Phi) is 3.32. The summed E-state index contributed by atoms with van der Waals surface area (Å²) in [5.41, 5.74) is 5.99. The largest absolute Gasteiger partial charge is 0.373 e. The molecule has 0 spiro atoms. The molecule has 1 saturated carbocycles. The quantitative estimate of drug-likeness (QED) is 0.776. The van der Waals surface area contributed by atoms with Crippen molar-refractivity contribution in [3.8, 4) is 0 Å². The number of carbonyl (C=O) groups excluding carboxylic acids is 1. The Labute approximate surface area is 109 Å². The van der Waals surface area contributed by atoms with Gasteiger partial charge < -0.3 is 15.8 Å². The highest BCUT2D eigenvalue weighted by Gasteiger charge is 2.42. The molecule has 1 aliphatic carbocycles. The minimum atomic E-state index is 0.105. The average molecular weight is 252 g/mol.